The molecular formula is C16H20N8O2. The van der Waals surface area contributed by atoms with E-state index in [2.05, 4.69) is 35.3 Å². The van der Waals surface area contributed by atoms with Gasteiger partial charge in [-0.3, -0.25) is 0 Å². The molecule has 2 aliphatic heterocycles. The summed E-state index contributed by atoms with van der Waals surface area (Å²) >= 11 is 0. The van der Waals surface area contributed by atoms with Crippen LogP contribution in [0.5, 0.6) is 0 Å². The van der Waals surface area contributed by atoms with E-state index in [4.69, 9.17) is 15.3 Å². The minimum atomic E-state index is -0.114. The van der Waals surface area contributed by atoms with Gasteiger partial charge in [-0.1, -0.05) is 5.16 Å². The summed E-state index contributed by atoms with van der Waals surface area (Å²) in [7, 11) is 0. The number of rotatable bonds is 5. The first-order valence-corrected chi connectivity index (χ1v) is 8.48. The molecule has 10 nitrogen and oxygen atoms in total. The Bertz CT molecular complexity index is 779. The summed E-state index contributed by atoms with van der Waals surface area (Å²) in [5, 5.41) is 7.29. The van der Waals surface area contributed by atoms with Gasteiger partial charge in [-0.25, -0.2) is 9.97 Å². The first-order chi connectivity index (χ1) is 12.8. The molecule has 26 heavy (non-hydrogen) atoms. The van der Waals surface area contributed by atoms with E-state index >= 15 is 0 Å². The lowest BCUT2D eigenvalue weighted by Crippen LogP contribution is -2.37. The lowest BCUT2D eigenvalue weighted by molar-refractivity contribution is 0.0948. The lowest BCUT2D eigenvalue weighted by Gasteiger charge is -2.28. The second kappa shape index (κ2) is 7.48. The Morgan fingerprint density at radius 2 is 2.15 bits per heavy atom. The molecule has 0 aliphatic carbocycles. The summed E-state index contributed by atoms with van der Waals surface area (Å²) in [6, 6.07) is 3.59. The number of ether oxygens (including phenoxy) is 1. The molecule has 4 heterocycles. The fourth-order valence-corrected chi connectivity index (χ4v) is 2.84. The van der Waals surface area contributed by atoms with Gasteiger partial charge >= 0.3 is 0 Å². The van der Waals surface area contributed by atoms with E-state index < -0.39 is 0 Å². The maximum Gasteiger partial charge on any atom is 0.226 e. The Hall–Kier alpha value is -3.01. The van der Waals surface area contributed by atoms with Gasteiger partial charge in [0, 0.05) is 31.8 Å². The number of anilines is 3. The van der Waals surface area contributed by atoms with E-state index in [0.29, 0.717) is 37.9 Å². The topological polar surface area (TPSA) is 124 Å². The molecular weight excluding hydrogens is 336 g/mol. The van der Waals surface area contributed by atoms with Crippen LogP contribution in [0.3, 0.4) is 0 Å². The Morgan fingerprint density at radius 1 is 1.27 bits per heavy atom. The number of hydrogen-bond donors (Lipinski definition) is 2. The van der Waals surface area contributed by atoms with Crippen molar-refractivity contribution in [1.82, 2.24) is 19.9 Å². The molecule has 2 aromatic heterocycles. The molecule has 0 aromatic carbocycles. The third-order valence-corrected chi connectivity index (χ3v) is 4.17. The van der Waals surface area contributed by atoms with Crippen LogP contribution in [0, 0.1) is 0 Å². The van der Waals surface area contributed by atoms with Crippen LogP contribution in [-0.2, 0) is 9.57 Å². The molecule has 0 saturated carbocycles. The van der Waals surface area contributed by atoms with Gasteiger partial charge in [0.15, 0.2) is 6.10 Å². The van der Waals surface area contributed by atoms with Gasteiger partial charge in [0.05, 0.1) is 25.5 Å². The van der Waals surface area contributed by atoms with Crippen LogP contribution >= 0.6 is 0 Å². The molecule has 4 rings (SSSR count). The summed E-state index contributed by atoms with van der Waals surface area (Å²) in [5.74, 6) is 1.70. The van der Waals surface area contributed by atoms with Crippen LogP contribution in [0.15, 0.2) is 29.8 Å². The van der Waals surface area contributed by atoms with Crippen LogP contribution in [0.4, 0.5) is 17.6 Å². The summed E-state index contributed by atoms with van der Waals surface area (Å²) in [6.07, 6.45) is 3.72. The van der Waals surface area contributed by atoms with Crippen molar-refractivity contribution < 1.29 is 9.57 Å². The molecule has 0 radical (unpaired) electrons. The first kappa shape index (κ1) is 16.5. The summed E-state index contributed by atoms with van der Waals surface area (Å²) in [5.41, 5.74) is 7.51. The molecule has 10 heteroatoms. The summed E-state index contributed by atoms with van der Waals surface area (Å²) < 4.78 is 5.37. The highest BCUT2D eigenvalue weighted by atomic mass is 16.6. The number of nitrogens with zero attached hydrogens (tertiary/aromatic N) is 6. The highest BCUT2D eigenvalue weighted by molar-refractivity contribution is 5.99. The summed E-state index contributed by atoms with van der Waals surface area (Å²) in [6.45, 7) is 3.47. The molecule has 1 unspecified atom stereocenters. The molecule has 1 atom stereocenters. The fourth-order valence-electron chi connectivity index (χ4n) is 2.84. The standard InChI is InChI=1S/C16H20N8O2/c17-14-8-15(24-3-5-25-6-4-24)22-16(21-14)19-9-11-7-13(23-26-11)12-1-2-18-10-20-12/h1-2,8,10-11H,3-7,9H2,(H3,17,19,21,22). The van der Waals surface area contributed by atoms with Gasteiger partial charge in [-0.15, -0.1) is 0 Å². The Labute approximate surface area is 150 Å². The number of nitrogen functional groups attached to an aromatic ring is 1. The molecule has 2 aromatic rings. The van der Waals surface area contributed by atoms with E-state index in [1.807, 2.05) is 6.07 Å². The number of oxime groups is 1. The second-order valence-corrected chi connectivity index (χ2v) is 6.02. The predicted octanol–water partition coefficient (Wildman–Crippen LogP) is 0.290. The number of hydrogen-bond acceptors (Lipinski definition) is 10. The lowest BCUT2D eigenvalue weighted by atomic mass is 10.1. The molecule has 0 spiro atoms. The quantitative estimate of drug-likeness (QED) is 0.778. The average molecular weight is 356 g/mol. The van der Waals surface area contributed by atoms with Crippen molar-refractivity contribution in [3.63, 3.8) is 0 Å². The van der Waals surface area contributed by atoms with Crippen molar-refractivity contribution in [1.29, 1.82) is 0 Å². The van der Waals surface area contributed by atoms with Gasteiger partial charge < -0.3 is 25.5 Å². The Kier molecular flexibility index (Phi) is 4.73. The Morgan fingerprint density at radius 3 is 2.96 bits per heavy atom. The fraction of sp³-hybridized carbons (Fsp3) is 0.438. The van der Waals surface area contributed by atoms with Crippen LogP contribution in [0.25, 0.3) is 0 Å². The van der Waals surface area contributed by atoms with E-state index in [1.54, 1.807) is 12.3 Å². The average Bonchev–Trinajstić information content (AvgIpc) is 3.16. The normalized spacial score (nSPS) is 19.8. The highest BCUT2D eigenvalue weighted by Gasteiger charge is 2.23. The van der Waals surface area contributed by atoms with Crippen molar-refractivity contribution in [2.75, 3.05) is 48.8 Å². The van der Waals surface area contributed by atoms with Crippen LogP contribution in [0.1, 0.15) is 12.1 Å². The van der Waals surface area contributed by atoms with Gasteiger partial charge in [-0.2, -0.15) is 9.97 Å². The third-order valence-electron chi connectivity index (χ3n) is 4.17. The maximum absolute atomic E-state index is 5.93. The van der Waals surface area contributed by atoms with Crippen molar-refractivity contribution in [2.45, 2.75) is 12.5 Å². The Balaban J connectivity index is 1.36. The van der Waals surface area contributed by atoms with Crippen molar-refractivity contribution >= 4 is 23.3 Å². The minimum Gasteiger partial charge on any atom is -0.390 e. The molecule has 0 amide bonds. The van der Waals surface area contributed by atoms with Gasteiger partial charge in [-0.05, 0) is 6.07 Å². The highest BCUT2D eigenvalue weighted by Crippen LogP contribution is 2.19. The number of nitrogens with two attached hydrogens (primary N) is 1. The number of morpholine rings is 1. The number of aromatic nitrogens is 4. The molecule has 1 fully saturated rings. The van der Waals surface area contributed by atoms with E-state index in [1.165, 1.54) is 6.33 Å². The number of nitrogens with one attached hydrogen (secondary N) is 1. The molecule has 0 bridgehead atoms. The monoisotopic (exact) mass is 356 g/mol. The van der Waals surface area contributed by atoms with Gasteiger partial charge in [0.2, 0.25) is 5.95 Å². The van der Waals surface area contributed by atoms with Crippen LogP contribution < -0.4 is 16.0 Å². The zero-order chi connectivity index (χ0) is 17.8. The van der Waals surface area contributed by atoms with E-state index in [9.17, 15) is 0 Å². The largest absolute Gasteiger partial charge is 0.390 e. The molecule has 2 aliphatic rings. The summed E-state index contributed by atoms with van der Waals surface area (Å²) in [4.78, 5) is 24.5. The van der Waals surface area contributed by atoms with Crippen LogP contribution in [0.2, 0.25) is 0 Å². The smallest absolute Gasteiger partial charge is 0.226 e. The maximum atomic E-state index is 5.93. The zero-order valence-corrected chi connectivity index (χ0v) is 14.2. The predicted molar refractivity (Wildman–Crippen MR) is 96.0 cm³/mol. The molecule has 1 saturated heterocycles. The first-order valence-electron chi connectivity index (χ1n) is 8.48. The van der Waals surface area contributed by atoms with E-state index in [0.717, 1.165) is 30.3 Å². The zero-order valence-electron chi connectivity index (χ0n) is 14.2. The van der Waals surface area contributed by atoms with Crippen LogP contribution in [-0.4, -0.2) is 64.6 Å². The third kappa shape index (κ3) is 3.80. The second-order valence-electron chi connectivity index (χ2n) is 6.02. The van der Waals surface area contributed by atoms with Crippen molar-refractivity contribution in [2.24, 2.45) is 5.16 Å². The van der Waals surface area contributed by atoms with E-state index in [-0.39, 0.29) is 6.10 Å². The van der Waals surface area contributed by atoms with Crippen molar-refractivity contribution in [3.05, 3.63) is 30.4 Å². The molecule has 136 valence electrons. The van der Waals surface area contributed by atoms with Crippen molar-refractivity contribution in [3.8, 4) is 0 Å². The van der Waals surface area contributed by atoms with Gasteiger partial charge in [0.1, 0.15) is 23.7 Å². The SMILES string of the molecule is Nc1cc(N2CCOCC2)nc(NCC2CC(c3ccncn3)=NO2)n1. The minimum absolute atomic E-state index is 0.114. The van der Waals surface area contributed by atoms with Gasteiger partial charge in [0.25, 0.3) is 0 Å². The molecule has 3 N–H and O–H groups in total.